The second kappa shape index (κ2) is 10.1. The number of anilines is 1. The summed E-state index contributed by atoms with van der Waals surface area (Å²) in [5.41, 5.74) is 3.37. The van der Waals surface area contributed by atoms with Crippen LogP contribution in [0.3, 0.4) is 0 Å². The highest BCUT2D eigenvalue weighted by atomic mass is 35.5. The van der Waals surface area contributed by atoms with Crippen molar-refractivity contribution in [3.8, 4) is 0 Å². The maximum absolute atomic E-state index is 13.0. The van der Waals surface area contributed by atoms with E-state index in [0.717, 1.165) is 11.1 Å². The SMILES string of the molecule is CC(C)(C)c1ccc(S(=O)(=O)NCC2=NN(c3ccc(Cl)cc3Cl)C(c3ccc(Cl)cc3)C2)cc1. The molecule has 3 aromatic rings. The van der Waals surface area contributed by atoms with E-state index >= 15 is 0 Å². The fourth-order valence-corrected chi connectivity index (χ4v) is 5.55. The third-order valence-electron chi connectivity index (χ3n) is 5.88. The van der Waals surface area contributed by atoms with E-state index in [-0.39, 0.29) is 22.9 Å². The van der Waals surface area contributed by atoms with Crippen molar-refractivity contribution in [2.45, 2.75) is 43.5 Å². The van der Waals surface area contributed by atoms with Gasteiger partial charge in [0.2, 0.25) is 10.0 Å². The Kier molecular flexibility index (Phi) is 7.51. The fraction of sp³-hybridized carbons (Fsp3) is 0.269. The fourth-order valence-electron chi connectivity index (χ4n) is 3.91. The summed E-state index contributed by atoms with van der Waals surface area (Å²) >= 11 is 18.6. The number of rotatable bonds is 6. The molecule has 0 saturated heterocycles. The summed E-state index contributed by atoms with van der Waals surface area (Å²) < 4.78 is 28.6. The van der Waals surface area contributed by atoms with E-state index in [2.05, 4.69) is 25.5 Å². The van der Waals surface area contributed by atoms with Crippen molar-refractivity contribution in [3.05, 3.63) is 92.9 Å². The van der Waals surface area contributed by atoms with Crippen LogP contribution in [-0.2, 0) is 15.4 Å². The molecule has 0 radical (unpaired) electrons. The van der Waals surface area contributed by atoms with E-state index in [1.54, 1.807) is 30.3 Å². The molecule has 1 N–H and O–H groups in total. The predicted molar refractivity (Wildman–Crippen MR) is 146 cm³/mol. The number of sulfonamides is 1. The molecule has 0 spiro atoms. The number of nitrogens with one attached hydrogen (secondary N) is 1. The normalized spacial score (nSPS) is 16.5. The van der Waals surface area contributed by atoms with Gasteiger partial charge in [-0.05, 0) is 59.0 Å². The minimum absolute atomic E-state index is 0.0582. The van der Waals surface area contributed by atoms with Crippen LogP contribution < -0.4 is 9.73 Å². The van der Waals surface area contributed by atoms with Gasteiger partial charge < -0.3 is 0 Å². The smallest absolute Gasteiger partial charge is 0.240 e. The first kappa shape index (κ1) is 26.0. The molecule has 0 saturated carbocycles. The Balaban J connectivity index is 1.57. The Morgan fingerprint density at radius 1 is 0.943 bits per heavy atom. The molecule has 5 nitrogen and oxygen atoms in total. The molecule has 1 atom stereocenters. The Labute approximate surface area is 221 Å². The minimum Gasteiger partial charge on any atom is -0.256 e. The Bertz CT molecular complexity index is 1350. The van der Waals surface area contributed by atoms with E-state index in [4.69, 9.17) is 39.9 Å². The van der Waals surface area contributed by atoms with Crippen LogP contribution in [0.5, 0.6) is 0 Å². The van der Waals surface area contributed by atoms with Gasteiger partial charge in [-0.15, -0.1) is 0 Å². The predicted octanol–water partition coefficient (Wildman–Crippen LogP) is 7.23. The molecule has 1 aliphatic heterocycles. The van der Waals surface area contributed by atoms with Gasteiger partial charge in [0.25, 0.3) is 0 Å². The van der Waals surface area contributed by atoms with Crippen molar-refractivity contribution in [2.75, 3.05) is 11.6 Å². The van der Waals surface area contributed by atoms with Gasteiger partial charge in [-0.3, -0.25) is 5.01 Å². The molecule has 0 bridgehead atoms. The number of halogens is 3. The molecule has 35 heavy (non-hydrogen) atoms. The lowest BCUT2D eigenvalue weighted by molar-refractivity contribution is 0.581. The molecule has 0 amide bonds. The number of hydrogen-bond acceptors (Lipinski definition) is 4. The largest absolute Gasteiger partial charge is 0.256 e. The van der Waals surface area contributed by atoms with Crippen LogP contribution in [0.25, 0.3) is 0 Å². The molecule has 184 valence electrons. The summed E-state index contributed by atoms with van der Waals surface area (Å²) in [5, 5.41) is 8.16. The quantitative estimate of drug-likeness (QED) is 0.352. The van der Waals surface area contributed by atoms with E-state index in [0.29, 0.717) is 32.9 Å². The highest BCUT2D eigenvalue weighted by molar-refractivity contribution is 7.89. The molecule has 9 heteroatoms. The average molecular weight is 551 g/mol. The monoisotopic (exact) mass is 549 g/mol. The number of hydrazone groups is 1. The second-order valence-electron chi connectivity index (χ2n) is 9.48. The first-order chi connectivity index (χ1) is 16.4. The summed E-state index contributed by atoms with van der Waals surface area (Å²) in [6.07, 6.45) is 0.520. The molecular formula is C26H26Cl3N3O2S. The maximum atomic E-state index is 13.0. The third kappa shape index (κ3) is 6.01. The van der Waals surface area contributed by atoms with Crippen LogP contribution in [0.4, 0.5) is 5.69 Å². The van der Waals surface area contributed by atoms with Crippen molar-refractivity contribution in [1.82, 2.24) is 4.72 Å². The molecule has 1 heterocycles. The maximum Gasteiger partial charge on any atom is 0.240 e. The van der Waals surface area contributed by atoms with Gasteiger partial charge in [0, 0.05) is 16.5 Å². The standard InChI is InChI=1S/C26H26Cl3N3O2S/c1-26(2,3)18-6-11-22(12-7-18)35(33,34)30-16-21-15-25(17-4-8-19(27)9-5-17)32(31-21)24-13-10-20(28)14-23(24)29/h4-14,25,30H,15-16H2,1-3H3. The Morgan fingerprint density at radius 3 is 2.17 bits per heavy atom. The second-order valence-corrected chi connectivity index (χ2v) is 12.5. The average Bonchev–Trinajstić information content (AvgIpc) is 3.22. The van der Waals surface area contributed by atoms with E-state index in [9.17, 15) is 8.42 Å². The highest BCUT2D eigenvalue weighted by Gasteiger charge is 2.31. The van der Waals surface area contributed by atoms with Crippen LogP contribution in [0.2, 0.25) is 15.1 Å². The first-order valence-electron chi connectivity index (χ1n) is 11.1. The summed E-state index contributed by atoms with van der Waals surface area (Å²) in [7, 11) is -3.70. The summed E-state index contributed by atoms with van der Waals surface area (Å²) in [6, 6.07) is 19.5. The lowest BCUT2D eigenvalue weighted by Gasteiger charge is -2.25. The summed E-state index contributed by atoms with van der Waals surface area (Å²) in [5.74, 6) is 0. The minimum atomic E-state index is -3.70. The lowest BCUT2D eigenvalue weighted by atomic mass is 9.87. The topological polar surface area (TPSA) is 61.8 Å². The van der Waals surface area contributed by atoms with Crippen LogP contribution in [-0.4, -0.2) is 20.7 Å². The molecule has 1 aliphatic rings. The third-order valence-corrected chi connectivity index (χ3v) is 8.09. The molecule has 0 aromatic heterocycles. The molecule has 4 rings (SSSR count). The van der Waals surface area contributed by atoms with Crippen LogP contribution in [0.15, 0.2) is 76.7 Å². The van der Waals surface area contributed by atoms with Crippen molar-refractivity contribution in [2.24, 2.45) is 5.10 Å². The molecule has 0 aliphatic carbocycles. The van der Waals surface area contributed by atoms with Gasteiger partial charge in [-0.1, -0.05) is 79.8 Å². The van der Waals surface area contributed by atoms with E-state index < -0.39 is 10.0 Å². The summed E-state index contributed by atoms with van der Waals surface area (Å²) in [4.78, 5) is 0.218. The highest BCUT2D eigenvalue weighted by Crippen LogP contribution is 2.39. The Morgan fingerprint density at radius 2 is 1.57 bits per heavy atom. The molecule has 0 fully saturated rings. The number of hydrogen-bond donors (Lipinski definition) is 1. The van der Waals surface area contributed by atoms with E-state index in [1.807, 2.05) is 41.4 Å². The van der Waals surface area contributed by atoms with Crippen LogP contribution in [0, 0.1) is 0 Å². The van der Waals surface area contributed by atoms with Crippen LogP contribution >= 0.6 is 34.8 Å². The number of benzene rings is 3. The van der Waals surface area contributed by atoms with Crippen molar-refractivity contribution < 1.29 is 8.42 Å². The lowest BCUT2D eigenvalue weighted by Crippen LogP contribution is -2.29. The van der Waals surface area contributed by atoms with Gasteiger partial charge in [-0.25, -0.2) is 13.1 Å². The van der Waals surface area contributed by atoms with Gasteiger partial charge in [-0.2, -0.15) is 5.10 Å². The number of nitrogens with zero attached hydrogens (tertiary/aromatic N) is 2. The van der Waals surface area contributed by atoms with Crippen molar-refractivity contribution in [3.63, 3.8) is 0 Å². The Hall–Kier alpha value is -2.09. The van der Waals surface area contributed by atoms with Gasteiger partial charge in [0.05, 0.1) is 33.9 Å². The molecular weight excluding hydrogens is 525 g/mol. The zero-order valence-corrected chi connectivity index (χ0v) is 22.7. The van der Waals surface area contributed by atoms with Gasteiger partial charge in [0.1, 0.15) is 0 Å². The zero-order chi connectivity index (χ0) is 25.4. The first-order valence-corrected chi connectivity index (χ1v) is 13.7. The molecule has 1 unspecified atom stereocenters. The van der Waals surface area contributed by atoms with E-state index in [1.165, 1.54) is 0 Å². The summed E-state index contributed by atoms with van der Waals surface area (Å²) in [6.45, 7) is 6.34. The van der Waals surface area contributed by atoms with Gasteiger partial charge >= 0.3 is 0 Å². The van der Waals surface area contributed by atoms with Gasteiger partial charge in [0.15, 0.2) is 0 Å². The molecule has 3 aromatic carbocycles. The zero-order valence-electron chi connectivity index (χ0n) is 19.6. The van der Waals surface area contributed by atoms with Crippen molar-refractivity contribution in [1.29, 1.82) is 0 Å². The van der Waals surface area contributed by atoms with Crippen molar-refractivity contribution >= 4 is 56.2 Å². The van der Waals surface area contributed by atoms with Crippen LogP contribution in [0.1, 0.15) is 44.4 Å².